The van der Waals surface area contributed by atoms with Gasteiger partial charge in [0.1, 0.15) is 18.1 Å². The third-order valence-electron chi connectivity index (χ3n) is 6.69. The molecule has 1 aromatic carbocycles. The quantitative estimate of drug-likeness (QED) is 0.630. The maximum absolute atomic E-state index is 14.0. The molecule has 0 bridgehead atoms. The Morgan fingerprint density at radius 1 is 1.19 bits per heavy atom. The summed E-state index contributed by atoms with van der Waals surface area (Å²) in [4.78, 5) is 46.7. The first-order chi connectivity index (χ1) is 16.9. The predicted octanol–water partition coefficient (Wildman–Crippen LogP) is 3.45. The standard InChI is InChI=1S/C25H29F3N4O3S/c1-13(2)9-17-21(33)30-19(16-10-14-7-5-6-8-15(14)11-16)22(34)32(17)20(23(35)31(3)4)18-12-29-24(36-18)25(26,27)28/h5-8,12-13,16-17,19-20H,9-11H2,1-4H3,(H,30,33)/t17-,19-,20-/m1/s1. The average Bonchev–Trinajstić information content (AvgIpc) is 3.45. The Hall–Kier alpha value is -2.95. The second kappa shape index (κ2) is 9.84. The number of hydrogen-bond donors (Lipinski definition) is 1. The first kappa shape index (κ1) is 26.1. The van der Waals surface area contributed by atoms with Crippen LogP contribution in [0.3, 0.4) is 0 Å². The molecule has 7 nitrogen and oxygen atoms in total. The highest BCUT2D eigenvalue weighted by Crippen LogP contribution is 2.40. The fourth-order valence-electron chi connectivity index (χ4n) is 5.04. The highest BCUT2D eigenvalue weighted by Gasteiger charge is 2.50. The van der Waals surface area contributed by atoms with Gasteiger partial charge < -0.3 is 15.1 Å². The van der Waals surface area contributed by atoms with Gasteiger partial charge in [-0.15, -0.1) is 11.3 Å². The Balaban J connectivity index is 1.76. The topological polar surface area (TPSA) is 82.6 Å². The average molecular weight is 523 g/mol. The van der Waals surface area contributed by atoms with Crippen LogP contribution in [-0.2, 0) is 33.4 Å². The van der Waals surface area contributed by atoms with E-state index in [9.17, 15) is 27.6 Å². The van der Waals surface area contributed by atoms with Crippen molar-refractivity contribution in [2.75, 3.05) is 14.1 Å². The van der Waals surface area contributed by atoms with Gasteiger partial charge in [0.25, 0.3) is 0 Å². The Bertz CT molecular complexity index is 1140. The zero-order valence-electron chi connectivity index (χ0n) is 20.5. The first-order valence-electron chi connectivity index (χ1n) is 11.8. The van der Waals surface area contributed by atoms with E-state index in [2.05, 4.69) is 10.3 Å². The van der Waals surface area contributed by atoms with Gasteiger partial charge in [-0.3, -0.25) is 14.4 Å². The summed E-state index contributed by atoms with van der Waals surface area (Å²) in [5.41, 5.74) is 2.19. The van der Waals surface area contributed by atoms with E-state index in [1.54, 1.807) is 0 Å². The fourth-order valence-corrected chi connectivity index (χ4v) is 5.92. The van der Waals surface area contributed by atoms with Crippen molar-refractivity contribution in [3.8, 4) is 0 Å². The largest absolute Gasteiger partial charge is 0.443 e. The summed E-state index contributed by atoms with van der Waals surface area (Å²) in [5.74, 6) is -1.67. The number of benzene rings is 1. The van der Waals surface area contributed by atoms with Crippen molar-refractivity contribution in [2.24, 2.45) is 11.8 Å². The number of carbonyl (C=O) groups excluding carboxylic acids is 3. The number of rotatable bonds is 6. The molecule has 4 rings (SSSR count). The van der Waals surface area contributed by atoms with Crippen molar-refractivity contribution < 1.29 is 27.6 Å². The Morgan fingerprint density at radius 3 is 2.31 bits per heavy atom. The van der Waals surface area contributed by atoms with Gasteiger partial charge >= 0.3 is 6.18 Å². The molecule has 1 aliphatic heterocycles. The molecule has 1 aliphatic carbocycles. The van der Waals surface area contributed by atoms with Crippen LogP contribution in [0.25, 0.3) is 0 Å². The number of aromatic nitrogens is 1. The lowest BCUT2D eigenvalue weighted by Gasteiger charge is -2.44. The number of nitrogens with one attached hydrogen (secondary N) is 1. The molecule has 3 amide bonds. The Labute approximate surface area is 211 Å². The van der Waals surface area contributed by atoms with Gasteiger partial charge in [0.2, 0.25) is 17.7 Å². The van der Waals surface area contributed by atoms with E-state index in [0.717, 1.165) is 17.3 Å². The van der Waals surface area contributed by atoms with E-state index in [-0.39, 0.29) is 23.1 Å². The van der Waals surface area contributed by atoms with Crippen LogP contribution in [0, 0.1) is 11.8 Å². The fraction of sp³-hybridized carbons (Fsp3) is 0.520. The van der Waals surface area contributed by atoms with Crippen molar-refractivity contribution in [1.29, 1.82) is 0 Å². The van der Waals surface area contributed by atoms with Crippen LogP contribution in [0.4, 0.5) is 13.2 Å². The molecule has 0 unspecified atom stereocenters. The lowest BCUT2D eigenvalue weighted by Crippen LogP contribution is -2.67. The molecule has 0 saturated carbocycles. The zero-order chi connectivity index (χ0) is 26.4. The van der Waals surface area contributed by atoms with Gasteiger partial charge in [-0.2, -0.15) is 13.2 Å². The lowest BCUT2D eigenvalue weighted by molar-refractivity contribution is -0.159. The van der Waals surface area contributed by atoms with Crippen LogP contribution in [0.2, 0.25) is 0 Å². The molecular weight excluding hydrogens is 493 g/mol. The highest BCUT2D eigenvalue weighted by atomic mass is 32.1. The summed E-state index contributed by atoms with van der Waals surface area (Å²) in [6, 6.07) is 4.53. The summed E-state index contributed by atoms with van der Waals surface area (Å²) in [5, 5.41) is 1.78. The minimum atomic E-state index is -4.69. The maximum Gasteiger partial charge on any atom is 0.443 e. The molecule has 36 heavy (non-hydrogen) atoms. The second-order valence-corrected chi connectivity index (χ2v) is 11.1. The molecule has 1 fully saturated rings. The molecule has 0 spiro atoms. The third-order valence-corrected chi connectivity index (χ3v) is 7.79. The highest BCUT2D eigenvalue weighted by molar-refractivity contribution is 7.11. The van der Waals surface area contributed by atoms with Crippen LogP contribution in [-0.4, -0.2) is 58.7 Å². The van der Waals surface area contributed by atoms with Gasteiger partial charge in [0.05, 0.1) is 4.88 Å². The molecule has 0 radical (unpaired) electrons. The number of hydrogen-bond acceptors (Lipinski definition) is 5. The zero-order valence-corrected chi connectivity index (χ0v) is 21.3. The third kappa shape index (κ3) is 4.98. The van der Waals surface area contributed by atoms with Crippen LogP contribution in [0.15, 0.2) is 30.5 Å². The predicted molar refractivity (Wildman–Crippen MR) is 128 cm³/mol. The summed E-state index contributed by atoms with van der Waals surface area (Å²) in [6.45, 7) is 3.76. The van der Waals surface area contributed by atoms with E-state index in [0.29, 0.717) is 24.2 Å². The lowest BCUT2D eigenvalue weighted by atomic mass is 9.88. The molecule has 3 atom stereocenters. The number of thiazole rings is 1. The second-order valence-electron chi connectivity index (χ2n) is 10.0. The van der Waals surface area contributed by atoms with Crippen molar-refractivity contribution in [3.63, 3.8) is 0 Å². The van der Waals surface area contributed by atoms with E-state index in [1.807, 2.05) is 38.1 Å². The summed E-state index contributed by atoms with van der Waals surface area (Å²) >= 11 is 0.326. The molecule has 2 aromatic rings. The summed E-state index contributed by atoms with van der Waals surface area (Å²) < 4.78 is 40.1. The number of fused-ring (bicyclic) bond motifs is 1. The van der Waals surface area contributed by atoms with Crippen molar-refractivity contribution >= 4 is 29.1 Å². The van der Waals surface area contributed by atoms with Crippen molar-refractivity contribution in [1.82, 2.24) is 20.1 Å². The molecule has 1 N–H and O–H groups in total. The molecule has 1 aromatic heterocycles. The summed E-state index contributed by atoms with van der Waals surface area (Å²) in [6.07, 6.45) is -2.27. The number of likely N-dealkylation sites (N-methyl/N-ethyl adjacent to an activating group) is 1. The van der Waals surface area contributed by atoms with E-state index in [4.69, 9.17) is 0 Å². The Morgan fingerprint density at radius 2 is 1.81 bits per heavy atom. The monoisotopic (exact) mass is 522 g/mol. The molecule has 11 heteroatoms. The minimum Gasteiger partial charge on any atom is -0.347 e. The first-order valence-corrected chi connectivity index (χ1v) is 12.6. The van der Waals surface area contributed by atoms with Crippen molar-refractivity contribution in [3.05, 3.63) is 51.5 Å². The molecule has 194 valence electrons. The van der Waals surface area contributed by atoms with E-state index >= 15 is 0 Å². The number of carbonyl (C=O) groups is 3. The van der Waals surface area contributed by atoms with Gasteiger partial charge in [0.15, 0.2) is 5.01 Å². The van der Waals surface area contributed by atoms with Gasteiger partial charge in [-0.05, 0) is 42.2 Å². The van der Waals surface area contributed by atoms with Crippen LogP contribution < -0.4 is 5.32 Å². The summed E-state index contributed by atoms with van der Waals surface area (Å²) in [7, 11) is 2.94. The smallest absolute Gasteiger partial charge is 0.347 e. The van der Waals surface area contributed by atoms with E-state index in [1.165, 1.54) is 23.9 Å². The number of piperazine rings is 1. The van der Waals surface area contributed by atoms with Gasteiger partial charge in [-0.25, -0.2) is 4.98 Å². The van der Waals surface area contributed by atoms with Crippen LogP contribution in [0.1, 0.15) is 47.3 Å². The number of alkyl halides is 3. The number of nitrogens with zero attached hydrogens (tertiary/aromatic N) is 3. The van der Waals surface area contributed by atoms with Crippen molar-refractivity contribution in [2.45, 2.75) is 57.4 Å². The molecule has 2 aliphatic rings. The van der Waals surface area contributed by atoms with Crippen LogP contribution in [0.5, 0.6) is 0 Å². The van der Waals surface area contributed by atoms with Gasteiger partial charge in [0, 0.05) is 20.3 Å². The number of halogens is 3. The minimum absolute atomic E-state index is 0.00867. The molecular formula is C25H29F3N4O3S. The van der Waals surface area contributed by atoms with Crippen LogP contribution >= 0.6 is 11.3 Å². The molecule has 1 saturated heterocycles. The Kier molecular flexibility index (Phi) is 7.14. The normalized spacial score (nSPS) is 21.5. The number of amides is 3. The maximum atomic E-state index is 14.0. The SMILES string of the molecule is CC(C)C[C@@H]1C(=O)N[C@H](C2Cc3ccccc3C2)C(=O)N1[C@@H](C(=O)N(C)C)c1cnc(C(F)(F)F)s1. The van der Waals surface area contributed by atoms with E-state index < -0.39 is 47.0 Å². The molecule has 2 heterocycles. The van der Waals surface area contributed by atoms with Gasteiger partial charge in [-0.1, -0.05) is 38.1 Å².